The van der Waals surface area contributed by atoms with Gasteiger partial charge in [0.05, 0.1) is 25.8 Å². The number of nitrogens with one attached hydrogen (secondary N) is 1. The fourth-order valence-corrected chi connectivity index (χ4v) is 2.92. The van der Waals surface area contributed by atoms with Crippen LogP contribution >= 0.6 is 0 Å². The van der Waals surface area contributed by atoms with E-state index < -0.39 is 0 Å². The molecule has 2 aliphatic rings. The molecule has 0 aromatic heterocycles. The quantitative estimate of drug-likeness (QED) is 0.896. The summed E-state index contributed by atoms with van der Waals surface area (Å²) in [5.41, 5.74) is 1.09. The van der Waals surface area contributed by atoms with Crippen LogP contribution in [0.4, 0.5) is 0 Å². The number of nitrogens with zero attached hydrogens (tertiary/aromatic N) is 1. The van der Waals surface area contributed by atoms with Gasteiger partial charge in [0.2, 0.25) is 5.91 Å². The average molecular weight is 290 g/mol. The van der Waals surface area contributed by atoms with Crippen LogP contribution in [0.1, 0.15) is 31.5 Å². The zero-order chi connectivity index (χ0) is 14.7. The van der Waals surface area contributed by atoms with Crippen molar-refractivity contribution in [1.82, 2.24) is 10.2 Å². The highest BCUT2D eigenvalue weighted by Crippen LogP contribution is 2.29. The van der Waals surface area contributed by atoms with Crippen LogP contribution in [0, 0.1) is 0 Å². The van der Waals surface area contributed by atoms with E-state index in [1.807, 2.05) is 29.2 Å². The molecular weight excluding hydrogens is 268 g/mol. The van der Waals surface area contributed by atoms with E-state index in [9.17, 15) is 4.79 Å². The Morgan fingerprint density at radius 3 is 2.86 bits per heavy atom. The highest BCUT2D eigenvalue weighted by Gasteiger charge is 2.38. The summed E-state index contributed by atoms with van der Waals surface area (Å²) in [6.45, 7) is 4.59. The lowest BCUT2D eigenvalue weighted by Gasteiger charge is -2.29. The molecule has 0 spiro atoms. The molecule has 1 amide bonds. The Morgan fingerprint density at radius 2 is 2.19 bits per heavy atom. The van der Waals surface area contributed by atoms with Gasteiger partial charge in [0.25, 0.3) is 0 Å². The van der Waals surface area contributed by atoms with Gasteiger partial charge in [-0.3, -0.25) is 10.1 Å². The molecule has 5 heteroatoms. The van der Waals surface area contributed by atoms with Crippen molar-refractivity contribution in [1.29, 1.82) is 0 Å². The Balaban J connectivity index is 1.73. The lowest BCUT2D eigenvalue weighted by atomic mass is 10.1. The minimum absolute atomic E-state index is 0.0515. The third kappa shape index (κ3) is 3.04. The van der Waals surface area contributed by atoms with Gasteiger partial charge in [0.1, 0.15) is 11.9 Å². The maximum absolute atomic E-state index is 12.1. The van der Waals surface area contributed by atoms with Crippen LogP contribution in [0.2, 0.25) is 0 Å². The minimum atomic E-state index is -0.0515. The first kappa shape index (κ1) is 14.4. The van der Waals surface area contributed by atoms with Crippen LogP contribution in [0.5, 0.6) is 5.75 Å². The summed E-state index contributed by atoms with van der Waals surface area (Å²) < 4.78 is 11.0. The molecule has 1 aromatic rings. The van der Waals surface area contributed by atoms with Crippen molar-refractivity contribution in [3.8, 4) is 5.75 Å². The first-order valence-electron chi connectivity index (χ1n) is 7.64. The summed E-state index contributed by atoms with van der Waals surface area (Å²) in [7, 11) is 0. The number of carbonyl (C=O) groups excluding carboxylic acids is 1. The van der Waals surface area contributed by atoms with Gasteiger partial charge in [-0.05, 0) is 30.5 Å². The van der Waals surface area contributed by atoms with Crippen molar-refractivity contribution in [2.45, 2.75) is 32.0 Å². The maximum atomic E-state index is 12.1. The van der Waals surface area contributed by atoms with E-state index >= 15 is 0 Å². The second kappa shape index (κ2) is 6.45. The average Bonchev–Trinajstić information content (AvgIpc) is 3.14. The Hall–Kier alpha value is -1.59. The van der Waals surface area contributed by atoms with Gasteiger partial charge in [0, 0.05) is 6.61 Å². The third-order valence-corrected chi connectivity index (χ3v) is 3.98. The van der Waals surface area contributed by atoms with Crippen LogP contribution in [-0.2, 0) is 9.53 Å². The van der Waals surface area contributed by atoms with E-state index in [4.69, 9.17) is 9.47 Å². The van der Waals surface area contributed by atoms with Crippen molar-refractivity contribution < 1.29 is 14.3 Å². The Kier molecular flexibility index (Phi) is 4.41. The molecule has 2 aliphatic heterocycles. The van der Waals surface area contributed by atoms with Crippen LogP contribution in [0.15, 0.2) is 24.3 Å². The summed E-state index contributed by atoms with van der Waals surface area (Å²) in [6, 6.07) is 8.19. The number of hydrogen-bond donors (Lipinski definition) is 1. The summed E-state index contributed by atoms with van der Waals surface area (Å²) in [6.07, 6.45) is 1.86. The van der Waals surface area contributed by atoms with Crippen LogP contribution in [0.3, 0.4) is 0 Å². The smallest absolute Gasteiger partial charge is 0.238 e. The molecule has 1 N–H and O–H groups in total. The van der Waals surface area contributed by atoms with Crippen molar-refractivity contribution in [3.05, 3.63) is 29.8 Å². The van der Waals surface area contributed by atoms with Gasteiger partial charge in [-0.2, -0.15) is 0 Å². The van der Waals surface area contributed by atoms with Gasteiger partial charge in [-0.15, -0.1) is 0 Å². The fraction of sp³-hybridized carbons (Fsp3) is 0.562. The van der Waals surface area contributed by atoms with E-state index in [2.05, 4.69) is 12.2 Å². The van der Waals surface area contributed by atoms with E-state index in [1.165, 1.54) is 0 Å². The molecule has 2 fully saturated rings. The second-order valence-electron chi connectivity index (χ2n) is 5.52. The van der Waals surface area contributed by atoms with Gasteiger partial charge in [-0.25, -0.2) is 0 Å². The SMILES string of the molecule is CCCOc1ccc(C2NCC(=O)N2C2CCOC2)cc1. The van der Waals surface area contributed by atoms with Crippen molar-refractivity contribution in [2.24, 2.45) is 0 Å². The monoisotopic (exact) mass is 290 g/mol. The molecule has 5 nitrogen and oxygen atoms in total. The van der Waals surface area contributed by atoms with Gasteiger partial charge < -0.3 is 14.4 Å². The number of benzene rings is 1. The van der Waals surface area contributed by atoms with Crippen molar-refractivity contribution >= 4 is 5.91 Å². The molecule has 2 atom stereocenters. The van der Waals surface area contributed by atoms with Gasteiger partial charge in [-0.1, -0.05) is 19.1 Å². The number of carbonyl (C=O) groups is 1. The van der Waals surface area contributed by atoms with E-state index in [0.717, 1.165) is 37.4 Å². The molecule has 2 unspecified atom stereocenters. The Bertz CT molecular complexity index is 483. The molecule has 114 valence electrons. The van der Waals surface area contributed by atoms with E-state index in [1.54, 1.807) is 0 Å². The van der Waals surface area contributed by atoms with Gasteiger partial charge >= 0.3 is 0 Å². The Labute approximate surface area is 125 Å². The molecular formula is C16H22N2O3. The lowest BCUT2D eigenvalue weighted by molar-refractivity contribution is -0.130. The van der Waals surface area contributed by atoms with Crippen LogP contribution < -0.4 is 10.1 Å². The summed E-state index contributed by atoms with van der Waals surface area (Å²) >= 11 is 0. The molecule has 2 saturated heterocycles. The second-order valence-corrected chi connectivity index (χ2v) is 5.52. The highest BCUT2D eigenvalue weighted by atomic mass is 16.5. The summed E-state index contributed by atoms with van der Waals surface area (Å²) in [5.74, 6) is 1.03. The number of hydrogen-bond acceptors (Lipinski definition) is 4. The molecule has 0 saturated carbocycles. The molecule has 3 rings (SSSR count). The van der Waals surface area contributed by atoms with E-state index in [-0.39, 0.29) is 18.1 Å². The molecule has 1 aromatic carbocycles. The molecule has 21 heavy (non-hydrogen) atoms. The number of ether oxygens (including phenoxy) is 2. The molecule has 0 aliphatic carbocycles. The normalized spacial score (nSPS) is 25.6. The first-order chi connectivity index (χ1) is 10.3. The van der Waals surface area contributed by atoms with Crippen LogP contribution in [-0.4, -0.2) is 43.2 Å². The fourth-order valence-electron chi connectivity index (χ4n) is 2.92. The molecule has 2 heterocycles. The first-order valence-corrected chi connectivity index (χ1v) is 7.64. The summed E-state index contributed by atoms with van der Waals surface area (Å²) in [5, 5.41) is 3.29. The van der Waals surface area contributed by atoms with Crippen molar-refractivity contribution in [3.63, 3.8) is 0 Å². The highest BCUT2D eigenvalue weighted by molar-refractivity contribution is 5.81. The predicted molar refractivity (Wildman–Crippen MR) is 79.0 cm³/mol. The largest absolute Gasteiger partial charge is 0.494 e. The topological polar surface area (TPSA) is 50.8 Å². The van der Waals surface area contributed by atoms with Crippen molar-refractivity contribution in [2.75, 3.05) is 26.4 Å². The standard InChI is InChI=1S/C16H22N2O3/c1-2-8-21-14-5-3-12(4-6-14)16-17-10-15(19)18(16)13-7-9-20-11-13/h3-6,13,16-17H,2,7-11H2,1H3. The summed E-state index contributed by atoms with van der Waals surface area (Å²) in [4.78, 5) is 14.1. The van der Waals surface area contributed by atoms with E-state index in [0.29, 0.717) is 13.2 Å². The number of amides is 1. The predicted octanol–water partition coefficient (Wildman–Crippen LogP) is 1.69. The van der Waals surface area contributed by atoms with Crippen LogP contribution in [0.25, 0.3) is 0 Å². The minimum Gasteiger partial charge on any atom is -0.494 e. The Morgan fingerprint density at radius 1 is 1.38 bits per heavy atom. The van der Waals surface area contributed by atoms with Gasteiger partial charge in [0.15, 0.2) is 0 Å². The lowest BCUT2D eigenvalue weighted by Crippen LogP contribution is -2.40. The number of rotatable bonds is 5. The molecule has 0 radical (unpaired) electrons. The zero-order valence-corrected chi connectivity index (χ0v) is 12.4. The zero-order valence-electron chi connectivity index (χ0n) is 12.4. The third-order valence-electron chi connectivity index (χ3n) is 3.98. The molecule has 0 bridgehead atoms. The maximum Gasteiger partial charge on any atom is 0.238 e.